The third kappa shape index (κ3) is 9.03. The molecule has 0 saturated heterocycles. The number of carbonyl (C=O) groups is 1. The highest BCUT2D eigenvalue weighted by Crippen LogP contribution is 2.14. The van der Waals surface area contributed by atoms with Crippen LogP contribution in [0.25, 0.3) is 6.08 Å². The summed E-state index contributed by atoms with van der Waals surface area (Å²) in [5.41, 5.74) is 4.86. The number of alkyl halides is 1. The number of benzene rings is 1. The van der Waals surface area contributed by atoms with Crippen molar-refractivity contribution < 1.29 is 15.0 Å². The zero-order valence-electron chi connectivity index (χ0n) is 16.0. The number of hydrogen-bond donors (Lipinski definition) is 3. The van der Waals surface area contributed by atoms with Gasteiger partial charge >= 0.3 is 0 Å². The van der Waals surface area contributed by atoms with E-state index in [9.17, 15) is 15.0 Å². The Morgan fingerprint density at radius 1 is 1.37 bits per heavy atom. The van der Waals surface area contributed by atoms with Crippen LogP contribution >= 0.6 is 11.6 Å². The third-order valence-electron chi connectivity index (χ3n) is 3.35. The van der Waals surface area contributed by atoms with E-state index in [0.29, 0.717) is 11.3 Å². The fraction of sp³-hybridized carbons (Fsp3) is 0.238. The van der Waals surface area contributed by atoms with Crippen LogP contribution in [-0.2, 0) is 4.79 Å². The number of amides is 1. The molecule has 1 aromatic rings. The second-order valence-corrected chi connectivity index (χ2v) is 5.76. The normalized spacial score (nSPS) is 12.0. The molecule has 0 fully saturated rings. The SMILES string of the molecule is C=C(C(=O)N/N=C(C)/C(=C/CCl)CO)/C(O)=C\c1ccccc1C.C=CC. The third-order valence-corrected chi connectivity index (χ3v) is 3.50. The van der Waals surface area contributed by atoms with Crippen molar-refractivity contribution in [3.63, 3.8) is 0 Å². The molecule has 0 aliphatic rings. The Morgan fingerprint density at radius 3 is 2.48 bits per heavy atom. The zero-order valence-corrected chi connectivity index (χ0v) is 16.8. The second-order valence-electron chi connectivity index (χ2n) is 5.45. The van der Waals surface area contributed by atoms with Crippen LogP contribution in [0.3, 0.4) is 0 Å². The van der Waals surface area contributed by atoms with E-state index in [1.54, 1.807) is 19.1 Å². The number of rotatable bonds is 7. The van der Waals surface area contributed by atoms with E-state index < -0.39 is 5.91 Å². The lowest BCUT2D eigenvalue weighted by Crippen LogP contribution is -2.22. The number of allylic oxidation sites excluding steroid dienone is 2. The van der Waals surface area contributed by atoms with E-state index in [-0.39, 0.29) is 23.8 Å². The Kier molecular flexibility index (Phi) is 12.2. The number of carbonyl (C=O) groups excluding carboxylic acids is 1. The van der Waals surface area contributed by atoms with Crippen molar-refractivity contribution in [1.82, 2.24) is 5.43 Å². The van der Waals surface area contributed by atoms with E-state index in [0.717, 1.165) is 11.1 Å². The summed E-state index contributed by atoms with van der Waals surface area (Å²) < 4.78 is 0. The number of nitrogens with zero attached hydrogens (tertiary/aromatic N) is 1. The minimum atomic E-state index is -0.639. The van der Waals surface area contributed by atoms with Gasteiger partial charge in [0.25, 0.3) is 5.91 Å². The van der Waals surface area contributed by atoms with Gasteiger partial charge in [-0.1, -0.05) is 43.0 Å². The van der Waals surface area contributed by atoms with Crippen LogP contribution in [0.2, 0.25) is 0 Å². The maximum Gasteiger partial charge on any atom is 0.274 e. The van der Waals surface area contributed by atoms with Crippen LogP contribution in [0.4, 0.5) is 0 Å². The summed E-state index contributed by atoms with van der Waals surface area (Å²) in [6.45, 7) is 12.1. The van der Waals surface area contributed by atoms with Gasteiger partial charge in [0.2, 0.25) is 0 Å². The molecule has 1 rings (SSSR count). The molecule has 0 radical (unpaired) electrons. The van der Waals surface area contributed by atoms with Crippen LogP contribution < -0.4 is 5.43 Å². The van der Waals surface area contributed by atoms with E-state index in [1.165, 1.54) is 6.08 Å². The van der Waals surface area contributed by atoms with Gasteiger partial charge in [-0.2, -0.15) is 5.10 Å². The van der Waals surface area contributed by atoms with Crippen molar-refractivity contribution >= 4 is 29.3 Å². The summed E-state index contributed by atoms with van der Waals surface area (Å²) in [4.78, 5) is 12.0. The van der Waals surface area contributed by atoms with Gasteiger partial charge < -0.3 is 10.2 Å². The van der Waals surface area contributed by atoms with Crippen molar-refractivity contribution in [3.05, 3.63) is 77.6 Å². The van der Waals surface area contributed by atoms with Gasteiger partial charge in [0.1, 0.15) is 5.76 Å². The standard InChI is InChI=1S/C18H21ClN2O3.C3H6/c1-12-6-4-5-7-15(12)10-17(23)13(2)18(24)21-20-14(3)16(11-22)8-9-19;1-3-2/h4-8,10,22-23H,2,9,11H2,1,3H3,(H,21,24);3H,1H2,2H3/b16-8+,17-10+,20-14+;. The van der Waals surface area contributed by atoms with Gasteiger partial charge in [-0.3, -0.25) is 4.79 Å². The predicted molar refractivity (Wildman–Crippen MR) is 114 cm³/mol. The Bertz CT molecular complexity index is 750. The van der Waals surface area contributed by atoms with Crippen molar-refractivity contribution in [3.8, 4) is 0 Å². The first kappa shape index (κ1) is 24.4. The minimum Gasteiger partial charge on any atom is -0.507 e. The molecule has 0 spiro atoms. The summed E-state index contributed by atoms with van der Waals surface area (Å²) in [6, 6.07) is 7.44. The molecule has 27 heavy (non-hydrogen) atoms. The van der Waals surface area contributed by atoms with Crippen LogP contribution in [0.15, 0.2) is 71.6 Å². The molecule has 1 amide bonds. The largest absolute Gasteiger partial charge is 0.507 e. The summed E-state index contributed by atoms with van der Waals surface area (Å²) in [5, 5.41) is 23.1. The lowest BCUT2D eigenvalue weighted by molar-refractivity contribution is -0.117. The first-order chi connectivity index (χ1) is 12.8. The summed E-state index contributed by atoms with van der Waals surface area (Å²) in [6.07, 6.45) is 4.82. The molecule has 0 saturated carbocycles. The monoisotopic (exact) mass is 390 g/mol. The lowest BCUT2D eigenvalue weighted by Gasteiger charge is -2.07. The molecule has 0 aromatic heterocycles. The van der Waals surface area contributed by atoms with Gasteiger partial charge in [0.15, 0.2) is 0 Å². The number of aliphatic hydroxyl groups is 2. The van der Waals surface area contributed by atoms with Gasteiger partial charge in [-0.15, -0.1) is 18.2 Å². The molecule has 0 aliphatic heterocycles. The van der Waals surface area contributed by atoms with Crippen LogP contribution in [0.5, 0.6) is 0 Å². The van der Waals surface area contributed by atoms with Crippen LogP contribution in [0, 0.1) is 6.92 Å². The molecule has 0 unspecified atom stereocenters. The lowest BCUT2D eigenvalue weighted by atomic mass is 10.1. The van der Waals surface area contributed by atoms with Crippen molar-refractivity contribution in [1.29, 1.82) is 0 Å². The number of nitrogens with one attached hydrogen (secondary N) is 1. The highest BCUT2D eigenvalue weighted by molar-refractivity contribution is 6.19. The van der Waals surface area contributed by atoms with Gasteiger partial charge in [-0.05, 0) is 43.5 Å². The van der Waals surface area contributed by atoms with E-state index in [1.807, 2.05) is 38.1 Å². The first-order valence-electron chi connectivity index (χ1n) is 8.25. The number of hydrogen-bond acceptors (Lipinski definition) is 4. The minimum absolute atomic E-state index is 0.110. The first-order valence-corrected chi connectivity index (χ1v) is 8.79. The van der Waals surface area contributed by atoms with Crippen LogP contribution in [-0.4, -0.2) is 34.3 Å². The second kappa shape index (κ2) is 13.6. The van der Waals surface area contributed by atoms with E-state index in [2.05, 4.69) is 23.7 Å². The van der Waals surface area contributed by atoms with Crippen molar-refractivity contribution in [2.75, 3.05) is 12.5 Å². The van der Waals surface area contributed by atoms with Gasteiger partial charge in [-0.25, -0.2) is 5.43 Å². The number of halogens is 1. The quantitative estimate of drug-likeness (QED) is 0.123. The van der Waals surface area contributed by atoms with Gasteiger partial charge in [0, 0.05) is 5.88 Å². The maximum atomic E-state index is 12.0. The Labute approximate surface area is 166 Å². The topological polar surface area (TPSA) is 81.9 Å². The summed E-state index contributed by atoms with van der Waals surface area (Å²) >= 11 is 5.58. The van der Waals surface area contributed by atoms with Crippen molar-refractivity contribution in [2.24, 2.45) is 5.10 Å². The molecule has 0 heterocycles. The Morgan fingerprint density at radius 2 is 1.96 bits per heavy atom. The Balaban J connectivity index is 0.00000210. The average molecular weight is 391 g/mol. The molecule has 5 nitrogen and oxygen atoms in total. The fourth-order valence-electron chi connectivity index (χ4n) is 1.79. The maximum absolute atomic E-state index is 12.0. The number of aryl methyl sites for hydroxylation is 1. The Hall–Kier alpha value is -2.63. The molecule has 146 valence electrons. The molecule has 0 aliphatic carbocycles. The molecule has 1 aromatic carbocycles. The van der Waals surface area contributed by atoms with E-state index >= 15 is 0 Å². The van der Waals surface area contributed by atoms with Crippen molar-refractivity contribution in [2.45, 2.75) is 20.8 Å². The summed E-state index contributed by atoms with van der Waals surface area (Å²) in [7, 11) is 0. The molecule has 3 N–H and O–H groups in total. The average Bonchev–Trinajstić information content (AvgIpc) is 2.65. The number of hydrazone groups is 1. The van der Waals surface area contributed by atoms with E-state index in [4.69, 9.17) is 11.6 Å². The highest BCUT2D eigenvalue weighted by Gasteiger charge is 2.11. The zero-order chi connectivity index (χ0) is 20.8. The number of aliphatic hydroxyl groups excluding tert-OH is 2. The highest BCUT2D eigenvalue weighted by atomic mass is 35.5. The molecule has 0 atom stereocenters. The fourth-order valence-corrected chi connectivity index (χ4v) is 1.98. The summed E-state index contributed by atoms with van der Waals surface area (Å²) in [5.74, 6) is -0.656. The molecular weight excluding hydrogens is 364 g/mol. The molecule has 6 heteroatoms. The van der Waals surface area contributed by atoms with Gasteiger partial charge in [0.05, 0.1) is 17.9 Å². The molecular formula is C21H27ClN2O3. The molecule has 0 bridgehead atoms. The smallest absolute Gasteiger partial charge is 0.274 e. The predicted octanol–water partition coefficient (Wildman–Crippen LogP) is 4.29. The van der Waals surface area contributed by atoms with Crippen LogP contribution in [0.1, 0.15) is 25.0 Å².